The number of nitrogens with one attached hydrogen (secondary N) is 1. The number of aromatic amines is 1. The van der Waals surface area contributed by atoms with Crippen LogP contribution < -0.4 is 20.9 Å². The van der Waals surface area contributed by atoms with Gasteiger partial charge >= 0.3 is 5.69 Å². The number of benzene rings is 2. The fourth-order valence-corrected chi connectivity index (χ4v) is 2.90. The summed E-state index contributed by atoms with van der Waals surface area (Å²) in [6.07, 6.45) is 0. The topological polar surface area (TPSA) is 99.9 Å². The molecule has 0 fully saturated rings. The number of hydrogen-bond donors (Lipinski definition) is 2. The number of anilines is 1. The van der Waals surface area contributed by atoms with Crippen LogP contribution >= 0.6 is 0 Å². The quantitative estimate of drug-likeness (QED) is 0.648. The van der Waals surface area contributed by atoms with E-state index in [0.717, 1.165) is 10.3 Å². The molecule has 0 spiro atoms. The fraction of sp³-hybridized carbons (Fsp3) is 0.190. The van der Waals surface area contributed by atoms with E-state index in [-0.39, 0.29) is 11.3 Å². The van der Waals surface area contributed by atoms with Crippen LogP contribution in [-0.4, -0.2) is 41.6 Å². The summed E-state index contributed by atoms with van der Waals surface area (Å²) in [5.41, 5.74) is 0.770. The van der Waals surface area contributed by atoms with Gasteiger partial charge in [0.1, 0.15) is 11.3 Å². The first-order chi connectivity index (χ1) is 13.8. The van der Waals surface area contributed by atoms with Gasteiger partial charge in [0.25, 0.3) is 5.56 Å². The molecule has 0 amide bonds. The highest BCUT2D eigenvalue weighted by atomic mass is 16.5. The molecule has 1 aromatic heterocycles. The van der Waals surface area contributed by atoms with E-state index in [9.17, 15) is 14.7 Å². The van der Waals surface area contributed by atoms with Crippen molar-refractivity contribution < 1.29 is 9.84 Å². The Balaban J connectivity index is 2.09. The third-order valence-corrected chi connectivity index (χ3v) is 4.44. The molecule has 3 rings (SSSR count). The first-order valence-electron chi connectivity index (χ1n) is 8.87. The molecule has 0 unspecified atom stereocenters. The molecule has 0 saturated heterocycles. The van der Waals surface area contributed by atoms with E-state index >= 15 is 0 Å². The Morgan fingerprint density at radius 2 is 1.69 bits per heavy atom. The molecule has 8 heteroatoms. The van der Waals surface area contributed by atoms with Gasteiger partial charge in [-0.2, -0.15) is 0 Å². The number of aliphatic imine (C=N–C) groups is 1. The second-order valence-electron chi connectivity index (χ2n) is 6.60. The molecule has 150 valence electrons. The number of nitrogens with zero attached hydrogens (tertiary/aromatic N) is 3. The molecular formula is C21H22N4O4. The third kappa shape index (κ3) is 4.06. The van der Waals surface area contributed by atoms with Crippen LogP contribution in [0.15, 0.2) is 63.1 Å². The van der Waals surface area contributed by atoms with Gasteiger partial charge in [0.05, 0.1) is 24.2 Å². The lowest BCUT2D eigenvalue weighted by Gasteiger charge is -2.13. The molecule has 0 bridgehead atoms. The van der Waals surface area contributed by atoms with Crippen molar-refractivity contribution >= 4 is 17.1 Å². The molecule has 0 aliphatic carbocycles. The highest BCUT2D eigenvalue weighted by molar-refractivity contribution is 6.01. The molecule has 0 saturated carbocycles. The Labute approximate surface area is 167 Å². The number of rotatable bonds is 5. The number of ether oxygens (including phenoxy) is 1. The van der Waals surface area contributed by atoms with Crippen LogP contribution in [0.5, 0.6) is 11.6 Å². The Hall–Kier alpha value is -3.81. The van der Waals surface area contributed by atoms with Crippen LogP contribution in [0.3, 0.4) is 0 Å². The molecule has 0 aliphatic rings. The van der Waals surface area contributed by atoms with E-state index in [2.05, 4.69) is 9.98 Å². The van der Waals surface area contributed by atoms with Gasteiger partial charge in [-0.25, -0.2) is 9.36 Å². The number of aromatic nitrogens is 2. The second kappa shape index (κ2) is 8.05. The molecule has 29 heavy (non-hydrogen) atoms. The summed E-state index contributed by atoms with van der Waals surface area (Å²) in [6.45, 7) is 1.60. The highest BCUT2D eigenvalue weighted by Gasteiger charge is 2.18. The zero-order chi connectivity index (χ0) is 21.1. The van der Waals surface area contributed by atoms with Crippen molar-refractivity contribution in [2.45, 2.75) is 6.92 Å². The van der Waals surface area contributed by atoms with Gasteiger partial charge < -0.3 is 14.7 Å². The summed E-state index contributed by atoms with van der Waals surface area (Å²) in [7, 11) is 5.40. The van der Waals surface area contributed by atoms with E-state index in [1.54, 1.807) is 31.2 Å². The van der Waals surface area contributed by atoms with Crippen molar-refractivity contribution in [1.29, 1.82) is 0 Å². The molecule has 3 aromatic rings. The Kier molecular flexibility index (Phi) is 5.54. The first kappa shape index (κ1) is 19.9. The normalized spacial score (nSPS) is 11.4. The summed E-state index contributed by atoms with van der Waals surface area (Å²) in [5.74, 6) is 0.125. The Morgan fingerprint density at radius 3 is 2.24 bits per heavy atom. The average Bonchev–Trinajstić information content (AvgIpc) is 2.68. The van der Waals surface area contributed by atoms with Crippen LogP contribution in [0.4, 0.5) is 11.4 Å². The number of methoxy groups -OCH3 is 1. The molecule has 0 aliphatic heterocycles. The number of H-pyrrole nitrogens is 1. The summed E-state index contributed by atoms with van der Waals surface area (Å²) in [6, 6.07) is 13.9. The van der Waals surface area contributed by atoms with Gasteiger partial charge in [-0.05, 0) is 55.5 Å². The standard InChI is InChI=1S/C21H22N4O4/c1-13(22-14-5-7-15(8-6-14)24(2)3)18-19(26)23-21(28)25(20(18)27)16-9-11-17(29-4)12-10-16/h5-12,27H,1-4H3,(H,23,26,28). The van der Waals surface area contributed by atoms with Gasteiger partial charge in [-0.1, -0.05) is 0 Å². The van der Waals surface area contributed by atoms with E-state index in [0.29, 0.717) is 17.1 Å². The second-order valence-corrected chi connectivity index (χ2v) is 6.60. The van der Waals surface area contributed by atoms with Crippen molar-refractivity contribution in [2.24, 2.45) is 4.99 Å². The maximum absolute atomic E-state index is 12.4. The van der Waals surface area contributed by atoms with Crippen LogP contribution in [0, 0.1) is 0 Å². The van der Waals surface area contributed by atoms with Crippen molar-refractivity contribution in [1.82, 2.24) is 9.55 Å². The van der Waals surface area contributed by atoms with Crippen LogP contribution in [0.2, 0.25) is 0 Å². The molecule has 2 N–H and O–H groups in total. The first-order valence-corrected chi connectivity index (χ1v) is 8.87. The van der Waals surface area contributed by atoms with Gasteiger partial charge in [0, 0.05) is 19.8 Å². The van der Waals surface area contributed by atoms with Gasteiger partial charge in [0.2, 0.25) is 5.88 Å². The predicted molar refractivity (Wildman–Crippen MR) is 114 cm³/mol. The van der Waals surface area contributed by atoms with Crippen LogP contribution in [0.1, 0.15) is 12.5 Å². The minimum absolute atomic E-state index is 0.0721. The Bertz CT molecular complexity index is 1160. The van der Waals surface area contributed by atoms with E-state index in [4.69, 9.17) is 4.74 Å². The molecule has 2 aromatic carbocycles. The number of aromatic hydroxyl groups is 1. The van der Waals surface area contributed by atoms with Crippen LogP contribution in [-0.2, 0) is 0 Å². The zero-order valence-corrected chi connectivity index (χ0v) is 16.6. The van der Waals surface area contributed by atoms with Crippen LogP contribution in [0.25, 0.3) is 5.69 Å². The smallest absolute Gasteiger partial charge is 0.335 e. The van der Waals surface area contributed by atoms with Gasteiger partial charge in [0.15, 0.2) is 0 Å². The lowest BCUT2D eigenvalue weighted by atomic mass is 10.2. The summed E-state index contributed by atoms with van der Waals surface area (Å²) < 4.78 is 6.12. The summed E-state index contributed by atoms with van der Waals surface area (Å²) in [4.78, 5) is 33.3. The fourth-order valence-electron chi connectivity index (χ4n) is 2.90. The summed E-state index contributed by atoms with van der Waals surface area (Å²) >= 11 is 0. The average molecular weight is 394 g/mol. The number of hydrogen-bond acceptors (Lipinski definition) is 6. The monoisotopic (exact) mass is 394 g/mol. The predicted octanol–water partition coefficient (Wildman–Crippen LogP) is 2.45. The molecule has 0 atom stereocenters. The molecule has 1 heterocycles. The van der Waals surface area contributed by atoms with Crippen molar-refractivity contribution in [3.05, 3.63) is 74.9 Å². The largest absolute Gasteiger partial charge is 0.497 e. The van der Waals surface area contributed by atoms with Crippen molar-refractivity contribution in [3.8, 4) is 17.3 Å². The zero-order valence-electron chi connectivity index (χ0n) is 16.6. The third-order valence-electron chi connectivity index (χ3n) is 4.44. The lowest BCUT2D eigenvalue weighted by molar-refractivity contribution is 0.414. The van der Waals surface area contributed by atoms with Crippen molar-refractivity contribution in [2.75, 3.05) is 26.1 Å². The van der Waals surface area contributed by atoms with Crippen molar-refractivity contribution in [3.63, 3.8) is 0 Å². The van der Waals surface area contributed by atoms with Gasteiger partial charge in [-0.3, -0.25) is 14.8 Å². The van der Waals surface area contributed by atoms with E-state index < -0.39 is 17.1 Å². The highest BCUT2D eigenvalue weighted by Crippen LogP contribution is 2.22. The Morgan fingerprint density at radius 1 is 1.07 bits per heavy atom. The van der Waals surface area contributed by atoms with E-state index in [1.807, 2.05) is 43.3 Å². The minimum atomic E-state index is -0.746. The minimum Gasteiger partial charge on any atom is -0.497 e. The molecule has 8 nitrogen and oxygen atoms in total. The maximum atomic E-state index is 12.4. The molecular weight excluding hydrogens is 372 g/mol. The van der Waals surface area contributed by atoms with Gasteiger partial charge in [-0.15, -0.1) is 0 Å². The maximum Gasteiger partial charge on any atom is 0.335 e. The van der Waals surface area contributed by atoms with E-state index in [1.165, 1.54) is 7.11 Å². The lowest BCUT2D eigenvalue weighted by Crippen LogP contribution is -2.32. The molecule has 0 radical (unpaired) electrons. The summed E-state index contributed by atoms with van der Waals surface area (Å²) in [5, 5.41) is 10.7. The SMILES string of the molecule is COc1ccc(-n2c(O)c(C(C)=Nc3ccc(N(C)C)cc3)c(=O)[nH]c2=O)cc1.